The smallest absolute Gasteiger partial charge is 0.303 e. The third kappa shape index (κ3) is 8.41. The lowest BCUT2D eigenvalue weighted by atomic mass is 10.3. The van der Waals surface area contributed by atoms with Gasteiger partial charge in [-0.05, 0) is 0 Å². The van der Waals surface area contributed by atoms with E-state index in [0.29, 0.717) is 12.8 Å². The van der Waals surface area contributed by atoms with Crippen LogP contribution in [0.3, 0.4) is 0 Å². The first-order valence-electron chi connectivity index (χ1n) is 4.18. The van der Waals surface area contributed by atoms with Crippen molar-refractivity contribution >= 4 is 23.8 Å². The third-order valence-electron chi connectivity index (χ3n) is 1.41. The Hall–Kier alpha value is -1.92. The number of hydrogen-bond acceptors (Lipinski definition) is 4. The van der Waals surface area contributed by atoms with E-state index in [4.69, 9.17) is 10.2 Å². The van der Waals surface area contributed by atoms with Crippen LogP contribution in [0, 0.1) is 0 Å². The minimum Gasteiger partial charge on any atom is -0.481 e. The molecule has 1 aliphatic rings. The molecule has 7 nitrogen and oxygen atoms in total. The van der Waals surface area contributed by atoms with E-state index in [1.807, 2.05) is 0 Å². The Labute approximate surface area is 85.1 Å². The molecule has 1 fully saturated rings. The topological polar surface area (TPSA) is 121 Å². The molecule has 2 amide bonds. The van der Waals surface area contributed by atoms with Gasteiger partial charge < -0.3 is 10.2 Å². The third-order valence-corrected chi connectivity index (χ3v) is 1.41. The Morgan fingerprint density at radius 2 is 1.33 bits per heavy atom. The van der Waals surface area contributed by atoms with Gasteiger partial charge in [-0.25, -0.2) is 0 Å². The van der Waals surface area contributed by atoms with E-state index in [0.717, 1.165) is 0 Å². The first-order chi connectivity index (χ1) is 6.91. The van der Waals surface area contributed by atoms with Crippen molar-refractivity contribution < 1.29 is 29.4 Å². The lowest BCUT2D eigenvalue weighted by molar-refractivity contribution is -0.143. The van der Waals surface area contributed by atoms with Crippen LogP contribution in [0.1, 0.15) is 25.7 Å². The van der Waals surface area contributed by atoms with Crippen LogP contribution >= 0.6 is 0 Å². The minimum absolute atomic E-state index is 0.148. The van der Waals surface area contributed by atoms with Gasteiger partial charge >= 0.3 is 11.9 Å². The van der Waals surface area contributed by atoms with Gasteiger partial charge in [0.1, 0.15) is 0 Å². The van der Waals surface area contributed by atoms with Crippen molar-refractivity contribution in [3.63, 3.8) is 0 Å². The predicted octanol–water partition coefficient (Wildman–Crippen LogP) is -0.641. The summed E-state index contributed by atoms with van der Waals surface area (Å²) in [6.45, 7) is 0. The fourth-order valence-electron chi connectivity index (χ4n) is 0.721. The van der Waals surface area contributed by atoms with Crippen molar-refractivity contribution in [3.8, 4) is 0 Å². The van der Waals surface area contributed by atoms with Gasteiger partial charge in [0.2, 0.25) is 11.8 Å². The summed E-state index contributed by atoms with van der Waals surface area (Å²) in [4.78, 5) is 39.5. The van der Waals surface area contributed by atoms with Crippen LogP contribution in [0.2, 0.25) is 0 Å². The SMILES string of the molecule is O=C(O)CCC(=O)O.O=C1CCC(=O)N1. The van der Waals surface area contributed by atoms with Crippen molar-refractivity contribution in [1.29, 1.82) is 0 Å². The van der Waals surface area contributed by atoms with Crippen molar-refractivity contribution in [2.75, 3.05) is 0 Å². The Balaban J connectivity index is 0.000000262. The van der Waals surface area contributed by atoms with Crippen LogP contribution in [0.25, 0.3) is 0 Å². The Bertz CT molecular complexity index is 257. The number of rotatable bonds is 3. The van der Waals surface area contributed by atoms with Gasteiger partial charge in [0.25, 0.3) is 0 Å². The number of amides is 2. The highest BCUT2D eigenvalue weighted by atomic mass is 16.4. The van der Waals surface area contributed by atoms with Crippen molar-refractivity contribution in [1.82, 2.24) is 5.32 Å². The second-order valence-corrected chi connectivity index (χ2v) is 2.76. The van der Waals surface area contributed by atoms with Gasteiger partial charge in [-0.15, -0.1) is 0 Å². The van der Waals surface area contributed by atoms with Gasteiger partial charge in [-0.3, -0.25) is 24.5 Å². The van der Waals surface area contributed by atoms with E-state index in [1.165, 1.54) is 0 Å². The predicted molar refractivity (Wildman–Crippen MR) is 46.9 cm³/mol. The van der Waals surface area contributed by atoms with Gasteiger partial charge in [-0.2, -0.15) is 0 Å². The summed E-state index contributed by atoms with van der Waals surface area (Å²) in [5.74, 6) is -2.45. The Morgan fingerprint density at radius 3 is 1.47 bits per heavy atom. The maximum Gasteiger partial charge on any atom is 0.303 e. The Morgan fingerprint density at radius 1 is 1.00 bits per heavy atom. The number of carbonyl (C=O) groups excluding carboxylic acids is 2. The molecule has 1 rings (SSSR count). The number of aliphatic carboxylic acids is 2. The molecule has 1 aliphatic heterocycles. The van der Waals surface area contributed by atoms with Crippen molar-refractivity contribution in [2.24, 2.45) is 0 Å². The molecule has 0 bridgehead atoms. The molecule has 0 aromatic carbocycles. The summed E-state index contributed by atoms with van der Waals surface area (Å²) < 4.78 is 0. The molecule has 0 unspecified atom stereocenters. The average Bonchev–Trinajstić information content (AvgIpc) is 2.47. The van der Waals surface area contributed by atoms with E-state index in [1.54, 1.807) is 0 Å². The molecule has 1 saturated heterocycles. The summed E-state index contributed by atoms with van der Waals surface area (Å²) in [5, 5.41) is 17.9. The summed E-state index contributed by atoms with van der Waals surface area (Å²) in [5.41, 5.74) is 0. The second kappa shape index (κ2) is 6.52. The summed E-state index contributed by atoms with van der Waals surface area (Å²) >= 11 is 0. The maximum absolute atomic E-state index is 10.1. The van der Waals surface area contributed by atoms with Gasteiger partial charge in [0, 0.05) is 12.8 Å². The van der Waals surface area contributed by atoms with Crippen LogP contribution in [-0.4, -0.2) is 34.0 Å². The molecule has 0 aliphatic carbocycles. The number of carboxylic acid groups (broad SMARTS) is 2. The van der Waals surface area contributed by atoms with E-state index >= 15 is 0 Å². The second-order valence-electron chi connectivity index (χ2n) is 2.76. The number of nitrogens with one attached hydrogen (secondary N) is 1. The van der Waals surface area contributed by atoms with E-state index in [-0.39, 0.29) is 24.7 Å². The zero-order valence-corrected chi connectivity index (χ0v) is 7.86. The highest BCUT2D eigenvalue weighted by Crippen LogP contribution is 1.95. The monoisotopic (exact) mass is 217 g/mol. The quantitative estimate of drug-likeness (QED) is 0.540. The molecule has 1 heterocycles. The standard InChI is InChI=1S/C4H5NO2.C4H6O4/c6-3-1-2-4(7)5-3;5-3(6)1-2-4(7)8/h1-2H2,(H,5,6,7);1-2H2,(H,5,6)(H,7,8). The first kappa shape index (κ1) is 13.1. The molecule has 3 N–H and O–H groups in total. The molecular formula is C8H11NO6. The summed E-state index contributed by atoms with van der Waals surface area (Å²) in [6, 6.07) is 0. The van der Waals surface area contributed by atoms with Crippen molar-refractivity contribution in [3.05, 3.63) is 0 Å². The molecule has 0 atom stereocenters. The molecule has 0 spiro atoms. The molecule has 0 saturated carbocycles. The van der Waals surface area contributed by atoms with Crippen LogP contribution in [-0.2, 0) is 19.2 Å². The molecule has 7 heteroatoms. The largest absolute Gasteiger partial charge is 0.481 e. The number of hydrogen-bond donors (Lipinski definition) is 3. The lowest BCUT2D eigenvalue weighted by Gasteiger charge is -1.85. The minimum atomic E-state index is -1.08. The van der Waals surface area contributed by atoms with E-state index < -0.39 is 11.9 Å². The summed E-state index contributed by atoms with van der Waals surface area (Å²) in [7, 11) is 0. The van der Waals surface area contributed by atoms with Gasteiger partial charge in [0.05, 0.1) is 12.8 Å². The molecule has 0 aromatic rings. The number of imide groups is 1. The van der Waals surface area contributed by atoms with Crippen LogP contribution in [0.15, 0.2) is 0 Å². The zero-order chi connectivity index (χ0) is 11.8. The number of carbonyl (C=O) groups is 4. The maximum atomic E-state index is 10.1. The van der Waals surface area contributed by atoms with Crippen LogP contribution in [0.4, 0.5) is 0 Å². The zero-order valence-electron chi connectivity index (χ0n) is 7.86. The molecule has 84 valence electrons. The molecular weight excluding hydrogens is 206 g/mol. The van der Waals surface area contributed by atoms with E-state index in [2.05, 4.69) is 5.32 Å². The Kier molecular flexibility index (Phi) is 5.69. The number of carboxylic acids is 2. The highest BCUT2D eigenvalue weighted by molar-refractivity contribution is 6.01. The average molecular weight is 217 g/mol. The van der Waals surface area contributed by atoms with Gasteiger partial charge in [-0.1, -0.05) is 0 Å². The van der Waals surface area contributed by atoms with Crippen LogP contribution in [0.5, 0.6) is 0 Å². The molecule has 15 heavy (non-hydrogen) atoms. The molecule has 0 aromatic heterocycles. The van der Waals surface area contributed by atoms with Crippen LogP contribution < -0.4 is 5.32 Å². The van der Waals surface area contributed by atoms with Crippen molar-refractivity contribution in [2.45, 2.75) is 25.7 Å². The highest BCUT2D eigenvalue weighted by Gasteiger charge is 2.15. The molecule has 0 radical (unpaired) electrons. The fourth-order valence-corrected chi connectivity index (χ4v) is 0.721. The lowest BCUT2D eigenvalue weighted by Crippen LogP contribution is -2.18. The normalized spacial score (nSPS) is 13.9. The fraction of sp³-hybridized carbons (Fsp3) is 0.500. The van der Waals surface area contributed by atoms with Gasteiger partial charge in [0.15, 0.2) is 0 Å². The first-order valence-corrected chi connectivity index (χ1v) is 4.18. The summed E-state index contributed by atoms with van der Waals surface area (Å²) in [6.07, 6.45) is 0.155. The van der Waals surface area contributed by atoms with E-state index in [9.17, 15) is 19.2 Å².